The lowest BCUT2D eigenvalue weighted by Gasteiger charge is -2.44. The zero-order valence-corrected chi connectivity index (χ0v) is 20.7. The van der Waals surface area contributed by atoms with E-state index in [0.29, 0.717) is 28.1 Å². The summed E-state index contributed by atoms with van der Waals surface area (Å²) in [5.41, 5.74) is 1.58. The lowest BCUT2D eigenvalue weighted by atomic mass is 9.83. The topological polar surface area (TPSA) is 125 Å². The molecule has 10 heteroatoms. The molecule has 1 saturated heterocycles. The molecule has 3 rings (SSSR count). The maximum absolute atomic E-state index is 11.9. The second-order valence-electron chi connectivity index (χ2n) is 8.62. The number of hydrogen-bond acceptors (Lipinski definition) is 8. The molecule has 1 fully saturated rings. The van der Waals surface area contributed by atoms with Crippen molar-refractivity contribution >= 4 is 29.2 Å². The smallest absolute Gasteiger partial charge is 0.310 e. The Morgan fingerprint density at radius 1 is 1.11 bits per heavy atom. The Kier molecular flexibility index (Phi) is 8.34. The number of nitrogens with zero attached hydrogens (tertiary/aromatic N) is 1. The van der Waals surface area contributed by atoms with Crippen LogP contribution in [0.3, 0.4) is 0 Å². The lowest BCUT2D eigenvalue weighted by molar-refractivity contribution is -0.385. The van der Waals surface area contributed by atoms with E-state index in [9.17, 15) is 24.8 Å². The van der Waals surface area contributed by atoms with Crippen molar-refractivity contribution in [1.29, 1.82) is 0 Å². The van der Waals surface area contributed by atoms with Crippen LogP contribution in [0, 0.1) is 16.0 Å². The Balaban J connectivity index is 1.97. The Labute approximate surface area is 208 Å². The summed E-state index contributed by atoms with van der Waals surface area (Å²) in [7, 11) is 0. The quantitative estimate of drug-likeness (QED) is 0.320. The molecule has 1 heterocycles. The number of carbonyl (C=O) groups excluding carboxylic acids is 2. The van der Waals surface area contributed by atoms with Gasteiger partial charge in [0.1, 0.15) is 18.3 Å². The van der Waals surface area contributed by atoms with E-state index in [1.165, 1.54) is 26.0 Å². The summed E-state index contributed by atoms with van der Waals surface area (Å²) in [6.07, 6.45) is -1.52. The van der Waals surface area contributed by atoms with Crippen molar-refractivity contribution in [2.75, 3.05) is 0 Å². The molecule has 188 valence electrons. The van der Waals surface area contributed by atoms with Gasteiger partial charge in [-0.25, -0.2) is 0 Å². The largest absolute Gasteiger partial charge is 0.502 e. The fourth-order valence-corrected chi connectivity index (χ4v) is 4.61. The highest BCUT2D eigenvalue weighted by atomic mass is 35.5. The number of esters is 2. The van der Waals surface area contributed by atoms with Crippen molar-refractivity contribution in [2.24, 2.45) is 5.92 Å². The van der Waals surface area contributed by atoms with Gasteiger partial charge in [0.05, 0.1) is 11.0 Å². The van der Waals surface area contributed by atoms with E-state index in [4.69, 9.17) is 25.8 Å². The molecule has 0 radical (unpaired) electrons. The number of nitro groups is 1. The van der Waals surface area contributed by atoms with E-state index in [0.717, 1.165) is 0 Å². The van der Waals surface area contributed by atoms with Gasteiger partial charge in [0.15, 0.2) is 5.75 Å². The number of hydrogen-bond donors (Lipinski definition) is 1. The zero-order valence-electron chi connectivity index (χ0n) is 19.9. The third-order valence-corrected chi connectivity index (χ3v) is 6.43. The Hall–Kier alpha value is -3.17. The summed E-state index contributed by atoms with van der Waals surface area (Å²) >= 11 is 6.44. The summed E-state index contributed by atoms with van der Waals surface area (Å²) in [6, 6.07) is 9.44. The summed E-state index contributed by atoms with van der Waals surface area (Å²) in [6.45, 7) is 6.40. The van der Waals surface area contributed by atoms with Crippen LogP contribution in [0.25, 0.3) is 0 Å². The number of nitro benzene ring substituents is 1. The molecule has 1 aliphatic rings. The van der Waals surface area contributed by atoms with E-state index in [-0.39, 0.29) is 12.3 Å². The molecule has 9 nitrogen and oxygen atoms in total. The normalized spacial score (nSPS) is 24.0. The molecule has 0 aromatic heterocycles. The molecule has 1 N–H and O–H groups in total. The molecule has 2 aromatic rings. The first-order valence-electron chi connectivity index (χ1n) is 11.3. The highest BCUT2D eigenvalue weighted by Crippen LogP contribution is 2.41. The van der Waals surface area contributed by atoms with Crippen molar-refractivity contribution in [3.05, 3.63) is 68.2 Å². The van der Waals surface area contributed by atoms with E-state index >= 15 is 0 Å². The molecule has 0 amide bonds. The number of ether oxygens (including phenoxy) is 3. The van der Waals surface area contributed by atoms with Gasteiger partial charge in [-0.3, -0.25) is 19.7 Å². The summed E-state index contributed by atoms with van der Waals surface area (Å²) < 4.78 is 17.5. The number of halogens is 1. The predicted molar refractivity (Wildman–Crippen MR) is 127 cm³/mol. The van der Waals surface area contributed by atoms with Crippen molar-refractivity contribution in [1.82, 2.24) is 0 Å². The van der Waals surface area contributed by atoms with Gasteiger partial charge in [-0.1, -0.05) is 43.6 Å². The number of aromatic hydroxyl groups is 1. The van der Waals surface area contributed by atoms with Crippen LogP contribution in [0.15, 0.2) is 36.4 Å². The molecule has 0 bridgehead atoms. The monoisotopic (exact) mass is 505 g/mol. The van der Waals surface area contributed by atoms with Crippen molar-refractivity contribution in [2.45, 2.75) is 65.0 Å². The number of phenols is 1. The summed E-state index contributed by atoms with van der Waals surface area (Å²) in [4.78, 5) is 34.1. The van der Waals surface area contributed by atoms with Crippen LogP contribution < -0.4 is 0 Å². The zero-order chi connectivity index (χ0) is 25.9. The molecule has 0 spiro atoms. The van der Waals surface area contributed by atoms with Gasteiger partial charge in [0.2, 0.25) is 0 Å². The first kappa shape index (κ1) is 26.4. The van der Waals surface area contributed by atoms with Crippen LogP contribution in [0.5, 0.6) is 5.75 Å². The third kappa shape index (κ3) is 6.10. The minimum absolute atomic E-state index is 0.265. The standard InChI is InChI=1S/C25H28ClNO8/c1-5-22-23(33-14(3)28)13(2)24(34-15(4)29)25(35-22)17-7-8-19(26)18(12-17)10-16-6-9-21(30)20(11-16)27(31)32/h6-9,11-13,22-25,30H,5,10H2,1-4H3/t13-,22+,23?,24+,25-/m0/s1. The lowest BCUT2D eigenvalue weighted by Crippen LogP contribution is -2.52. The predicted octanol–water partition coefficient (Wildman–Crippen LogP) is 4.89. The molecule has 35 heavy (non-hydrogen) atoms. The fourth-order valence-electron chi connectivity index (χ4n) is 4.43. The van der Waals surface area contributed by atoms with Crippen LogP contribution in [-0.4, -0.2) is 40.3 Å². The van der Waals surface area contributed by atoms with Gasteiger partial charge in [-0.05, 0) is 41.7 Å². The van der Waals surface area contributed by atoms with Gasteiger partial charge in [-0.15, -0.1) is 0 Å². The maximum Gasteiger partial charge on any atom is 0.310 e. The summed E-state index contributed by atoms with van der Waals surface area (Å²) in [5, 5.41) is 21.4. The van der Waals surface area contributed by atoms with Gasteiger partial charge in [0.25, 0.3) is 0 Å². The number of rotatable bonds is 7. The number of phenolic OH excluding ortho intramolecular Hbond substituents is 1. The molecule has 1 unspecified atom stereocenters. The number of benzene rings is 2. The second kappa shape index (κ2) is 11.0. The molecule has 0 aliphatic carbocycles. The Morgan fingerprint density at radius 2 is 1.77 bits per heavy atom. The van der Waals surface area contributed by atoms with E-state index in [1.54, 1.807) is 18.2 Å². The second-order valence-corrected chi connectivity index (χ2v) is 9.03. The SMILES string of the molecule is CC[C@H]1O[C@@H](c2ccc(Cl)c(Cc3ccc(O)c([N+](=O)[O-])c3)c2)[C@H](OC(C)=O)[C@@H](C)C1OC(C)=O. The molecule has 2 aromatic carbocycles. The van der Waals surface area contributed by atoms with E-state index < -0.39 is 52.7 Å². The van der Waals surface area contributed by atoms with Crippen LogP contribution >= 0.6 is 11.6 Å². The number of carbonyl (C=O) groups is 2. The first-order chi connectivity index (χ1) is 16.5. The van der Waals surface area contributed by atoms with Gasteiger partial charge in [-0.2, -0.15) is 0 Å². The molecule has 1 aliphatic heterocycles. The van der Waals surface area contributed by atoms with Crippen LogP contribution in [0.4, 0.5) is 5.69 Å². The molecule has 5 atom stereocenters. The average Bonchev–Trinajstić information content (AvgIpc) is 2.78. The van der Waals surface area contributed by atoms with Crippen molar-refractivity contribution < 1.29 is 33.8 Å². The molecule has 0 saturated carbocycles. The average molecular weight is 506 g/mol. The molecular formula is C25H28ClNO8. The van der Waals surface area contributed by atoms with Crippen LogP contribution in [0.1, 0.15) is 56.9 Å². The van der Waals surface area contributed by atoms with Crippen molar-refractivity contribution in [3.8, 4) is 5.75 Å². The van der Waals surface area contributed by atoms with Gasteiger partial charge >= 0.3 is 17.6 Å². The minimum Gasteiger partial charge on any atom is -0.502 e. The van der Waals surface area contributed by atoms with Crippen molar-refractivity contribution in [3.63, 3.8) is 0 Å². The van der Waals surface area contributed by atoms with Gasteiger partial charge < -0.3 is 19.3 Å². The van der Waals surface area contributed by atoms with Crippen LogP contribution in [0.2, 0.25) is 5.02 Å². The van der Waals surface area contributed by atoms with E-state index in [2.05, 4.69) is 0 Å². The van der Waals surface area contributed by atoms with Crippen LogP contribution in [-0.2, 0) is 30.2 Å². The fraction of sp³-hybridized carbons (Fsp3) is 0.440. The molecular weight excluding hydrogens is 478 g/mol. The highest BCUT2D eigenvalue weighted by Gasteiger charge is 2.47. The highest BCUT2D eigenvalue weighted by molar-refractivity contribution is 6.31. The minimum atomic E-state index is -0.719. The Morgan fingerprint density at radius 3 is 2.37 bits per heavy atom. The Bertz CT molecular complexity index is 1120. The van der Waals surface area contributed by atoms with Gasteiger partial charge in [0, 0.05) is 30.9 Å². The van der Waals surface area contributed by atoms with E-state index in [1.807, 2.05) is 19.9 Å². The summed E-state index contributed by atoms with van der Waals surface area (Å²) in [5.74, 6) is -1.69. The maximum atomic E-state index is 11.9. The third-order valence-electron chi connectivity index (χ3n) is 6.06. The first-order valence-corrected chi connectivity index (χ1v) is 11.6.